The Hall–Kier alpha value is -2.83. The average Bonchev–Trinajstić information content (AvgIpc) is 2.96. The molecule has 0 spiro atoms. The summed E-state index contributed by atoms with van der Waals surface area (Å²) < 4.78 is 9.69. The van der Waals surface area contributed by atoms with Gasteiger partial charge in [0.05, 0.1) is 24.9 Å². The maximum Gasteiger partial charge on any atom is 0.339 e. The van der Waals surface area contributed by atoms with Gasteiger partial charge in [-0.1, -0.05) is 17.3 Å². The van der Waals surface area contributed by atoms with Gasteiger partial charge < -0.3 is 19.5 Å². The highest BCUT2D eigenvalue weighted by Crippen LogP contribution is 2.21. The number of methoxy groups -OCH3 is 1. The van der Waals surface area contributed by atoms with E-state index in [4.69, 9.17) is 9.26 Å². The fraction of sp³-hybridized carbons (Fsp3) is 0.312. The van der Waals surface area contributed by atoms with Gasteiger partial charge in [-0.3, -0.25) is 4.79 Å². The Morgan fingerprint density at radius 2 is 2.09 bits per heavy atom. The number of benzene rings is 1. The lowest BCUT2D eigenvalue weighted by molar-refractivity contribution is -0.115. The predicted octanol–water partition coefficient (Wildman–Crippen LogP) is 2.23. The smallest absolute Gasteiger partial charge is 0.339 e. The molecular formula is C16H19N3O4. The normalized spacial score (nSPS) is 10.2. The Labute approximate surface area is 134 Å². The van der Waals surface area contributed by atoms with Crippen LogP contribution in [0.5, 0.6) is 0 Å². The van der Waals surface area contributed by atoms with Crippen molar-refractivity contribution >= 4 is 23.4 Å². The van der Waals surface area contributed by atoms with Crippen molar-refractivity contribution in [3.63, 3.8) is 0 Å². The number of carbonyl (C=O) groups excluding carboxylic acids is 2. The van der Waals surface area contributed by atoms with E-state index in [2.05, 4.69) is 10.5 Å². The van der Waals surface area contributed by atoms with E-state index < -0.39 is 5.97 Å². The molecule has 23 heavy (non-hydrogen) atoms. The van der Waals surface area contributed by atoms with Gasteiger partial charge >= 0.3 is 5.97 Å². The van der Waals surface area contributed by atoms with E-state index in [1.54, 1.807) is 36.1 Å². The molecule has 0 bridgehead atoms. The minimum absolute atomic E-state index is 0.0798. The summed E-state index contributed by atoms with van der Waals surface area (Å²) in [4.78, 5) is 25.8. The summed E-state index contributed by atoms with van der Waals surface area (Å²) in [6.45, 7) is 4.28. The van der Waals surface area contributed by atoms with E-state index in [0.717, 1.165) is 0 Å². The van der Waals surface area contributed by atoms with Crippen molar-refractivity contribution in [2.24, 2.45) is 0 Å². The van der Waals surface area contributed by atoms with Gasteiger partial charge in [-0.15, -0.1) is 0 Å². The molecule has 0 fully saturated rings. The van der Waals surface area contributed by atoms with Gasteiger partial charge in [0.15, 0.2) is 5.82 Å². The molecule has 7 heteroatoms. The molecule has 0 saturated carbocycles. The second kappa shape index (κ2) is 7.44. The van der Waals surface area contributed by atoms with Gasteiger partial charge in [0.2, 0.25) is 5.91 Å². The quantitative estimate of drug-likeness (QED) is 0.822. The third kappa shape index (κ3) is 4.09. The van der Waals surface area contributed by atoms with Crippen LogP contribution in [0.15, 0.2) is 34.9 Å². The van der Waals surface area contributed by atoms with Crippen LogP contribution in [-0.4, -0.2) is 37.2 Å². The van der Waals surface area contributed by atoms with Crippen molar-refractivity contribution in [2.75, 3.05) is 30.4 Å². The van der Waals surface area contributed by atoms with E-state index in [1.807, 2.05) is 13.0 Å². The topological polar surface area (TPSA) is 84.7 Å². The summed E-state index contributed by atoms with van der Waals surface area (Å²) in [5, 5.41) is 6.38. The molecule has 0 aliphatic carbocycles. The van der Waals surface area contributed by atoms with Gasteiger partial charge in [-0.2, -0.15) is 0 Å². The van der Waals surface area contributed by atoms with Crippen molar-refractivity contribution in [2.45, 2.75) is 13.8 Å². The van der Waals surface area contributed by atoms with Crippen LogP contribution < -0.4 is 10.2 Å². The number of amides is 1. The molecule has 2 aromatic rings. The molecular weight excluding hydrogens is 298 g/mol. The van der Waals surface area contributed by atoms with Gasteiger partial charge in [-0.05, 0) is 26.0 Å². The zero-order chi connectivity index (χ0) is 16.8. The van der Waals surface area contributed by atoms with E-state index in [-0.39, 0.29) is 12.5 Å². The highest BCUT2D eigenvalue weighted by Gasteiger charge is 2.18. The Morgan fingerprint density at radius 1 is 1.35 bits per heavy atom. The summed E-state index contributed by atoms with van der Waals surface area (Å²) in [7, 11) is 1.33. The van der Waals surface area contributed by atoms with E-state index in [9.17, 15) is 9.59 Å². The van der Waals surface area contributed by atoms with Gasteiger partial charge in [0, 0.05) is 12.6 Å². The van der Waals surface area contributed by atoms with Crippen LogP contribution in [0.2, 0.25) is 0 Å². The van der Waals surface area contributed by atoms with Crippen LogP contribution in [0.25, 0.3) is 0 Å². The first kappa shape index (κ1) is 16.5. The Balaban J connectivity index is 2.14. The molecule has 1 aromatic heterocycles. The van der Waals surface area contributed by atoms with Gasteiger partial charge in [0.1, 0.15) is 5.76 Å². The fourth-order valence-corrected chi connectivity index (χ4v) is 2.18. The number of aryl methyl sites for hydroxylation is 1. The number of aromatic nitrogens is 1. The first-order valence-electron chi connectivity index (χ1n) is 7.20. The number of nitrogens with one attached hydrogen (secondary N) is 1. The van der Waals surface area contributed by atoms with Crippen LogP contribution in [-0.2, 0) is 9.53 Å². The zero-order valence-electron chi connectivity index (χ0n) is 13.3. The molecule has 0 aliphatic heterocycles. The first-order valence-corrected chi connectivity index (χ1v) is 7.20. The molecule has 1 amide bonds. The first-order chi connectivity index (χ1) is 11.0. The number of hydrogen-bond donors (Lipinski definition) is 1. The zero-order valence-corrected chi connectivity index (χ0v) is 13.3. The second-order valence-corrected chi connectivity index (χ2v) is 4.89. The molecule has 1 N–H and O–H groups in total. The number of hydrogen-bond acceptors (Lipinski definition) is 6. The van der Waals surface area contributed by atoms with E-state index >= 15 is 0 Å². The maximum atomic E-state index is 12.2. The summed E-state index contributed by atoms with van der Waals surface area (Å²) in [5.74, 6) is 0.292. The van der Waals surface area contributed by atoms with Crippen molar-refractivity contribution in [1.29, 1.82) is 0 Å². The molecule has 0 unspecified atom stereocenters. The van der Waals surface area contributed by atoms with E-state index in [1.165, 1.54) is 7.11 Å². The van der Waals surface area contributed by atoms with Crippen molar-refractivity contribution in [1.82, 2.24) is 5.16 Å². The molecule has 122 valence electrons. The molecule has 2 rings (SSSR count). The van der Waals surface area contributed by atoms with Crippen LogP contribution in [0, 0.1) is 6.92 Å². The molecule has 7 nitrogen and oxygen atoms in total. The Bertz CT molecular complexity index is 696. The number of anilines is 2. The standard InChI is InChI=1S/C16H19N3O4/c1-4-19(10-15(20)17-14-9-11(2)23-18-14)13-8-6-5-7-12(13)16(21)22-3/h5-9H,4,10H2,1-3H3,(H,17,18,20). The number of rotatable bonds is 6. The lowest BCUT2D eigenvalue weighted by Gasteiger charge is -2.24. The molecule has 1 heterocycles. The average molecular weight is 317 g/mol. The number of nitrogens with zero attached hydrogens (tertiary/aromatic N) is 2. The molecule has 0 saturated heterocycles. The van der Waals surface area contributed by atoms with Crippen LogP contribution in [0.4, 0.5) is 11.5 Å². The predicted molar refractivity (Wildman–Crippen MR) is 85.5 cm³/mol. The van der Waals surface area contributed by atoms with Crippen LogP contribution in [0.1, 0.15) is 23.0 Å². The van der Waals surface area contributed by atoms with Crippen LogP contribution >= 0.6 is 0 Å². The van der Waals surface area contributed by atoms with Crippen LogP contribution in [0.3, 0.4) is 0 Å². The summed E-state index contributed by atoms with van der Waals surface area (Å²) in [5.41, 5.74) is 1.07. The SMILES string of the molecule is CCN(CC(=O)Nc1cc(C)on1)c1ccccc1C(=O)OC. The monoisotopic (exact) mass is 317 g/mol. The number of esters is 1. The number of ether oxygens (including phenoxy) is 1. The largest absolute Gasteiger partial charge is 0.465 e. The third-order valence-corrected chi connectivity index (χ3v) is 3.26. The molecule has 0 atom stereocenters. The maximum absolute atomic E-state index is 12.2. The Kier molecular flexibility index (Phi) is 5.35. The van der Waals surface area contributed by atoms with Crippen molar-refractivity contribution in [3.8, 4) is 0 Å². The Morgan fingerprint density at radius 3 is 2.70 bits per heavy atom. The minimum atomic E-state index is -0.438. The fourth-order valence-electron chi connectivity index (χ4n) is 2.18. The molecule has 1 aromatic carbocycles. The lowest BCUT2D eigenvalue weighted by Crippen LogP contribution is -2.34. The highest BCUT2D eigenvalue weighted by atomic mass is 16.5. The van der Waals surface area contributed by atoms with Gasteiger partial charge in [-0.25, -0.2) is 4.79 Å². The summed E-state index contributed by atoms with van der Waals surface area (Å²) >= 11 is 0. The summed E-state index contributed by atoms with van der Waals surface area (Å²) in [6.07, 6.45) is 0. The van der Waals surface area contributed by atoms with Crippen molar-refractivity contribution < 1.29 is 18.8 Å². The minimum Gasteiger partial charge on any atom is -0.465 e. The number of para-hydroxylation sites is 1. The summed E-state index contributed by atoms with van der Waals surface area (Å²) in [6, 6.07) is 8.65. The number of carbonyl (C=O) groups is 2. The number of likely N-dealkylation sites (N-methyl/N-ethyl adjacent to an activating group) is 1. The molecule has 0 aliphatic rings. The van der Waals surface area contributed by atoms with Gasteiger partial charge in [0.25, 0.3) is 0 Å². The second-order valence-electron chi connectivity index (χ2n) is 4.89. The lowest BCUT2D eigenvalue weighted by atomic mass is 10.1. The third-order valence-electron chi connectivity index (χ3n) is 3.26. The van der Waals surface area contributed by atoms with Crippen molar-refractivity contribution in [3.05, 3.63) is 41.7 Å². The highest BCUT2D eigenvalue weighted by molar-refractivity contribution is 5.98. The van der Waals surface area contributed by atoms with E-state index in [0.29, 0.717) is 29.4 Å². The molecule has 0 radical (unpaired) electrons.